The predicted molar refractivity (Wildman–Crippen MR) is 93.5 cm³/mol. The Hall–Kier alpha value is -2.97. The molecule has 9 nitrogen and oxygen atoms in total. The summed E-state index contributed by atoms with van der Waals surface area (Å²) in [4.78, 5) is 45.0. The SMILES string of the molecule is CCC[C@H](C)NC(=O)COC(=O)CCNC(=O)c1ccc([N+](=O)[O-])cc1. The van der Waals surface area contributed by atoms with Gasteiger partial charge in [0, 0.05) is 30.3 Å². The monoisotopic (exact) mass is 365 g/mol. The number of nitrogens with zero attached hydrogens (tertiary/aromatic N) is 1. The number of nitro benzene ring substituents is 1. The molecular formula is C17H23N3O6. The van der Waals surface area contributed by atoms with E-state index in [1.165, 1.54) is 24.3 Å². The predicted octanol–water partition coefficient (Wildman–Crippen LogP) is 1.56. The standard InChI is InChI=1S/C17H23N3O6/c1-3-4-12(2)19-15(21)11-26-16(22)9-10-18-17(23)13-5-7-14(8-6-13)20(24)25/h5-8,12H,3-4,9-11H2,1-2H3,(H,18,23)(H,19,21)/t12-/m0/s1. The molecule has 26 heavy (non-hydrogen) atoms. The van der Waals surface area contributed by atoms with Crippen molar-refractivity contribution in [2.75, 3.05) is 13.2 Å². The molecule has 0 saturated carbocycles. The zero-order valence-corrected chi connectivity index (χ0v) is 14.8. The average molecular weight is 365 g/mol. The molecule has 142 valence electrons. The number of amides is 2. The third-order valence-corrected chi connectivity index (χ3v) is 3.45. The lowest BCUT2D eigenvalue weighted by atomic mass is 10.2. The normalized spacial score (nSPS) is 11.3. The van der Waals surface area contributed by atoms with Gasteiger partial charge in [-0.2, -0.15) is 0 Å². The largest absolute Gasteiger partial charge is 0.456 e. The molecule has 0 spiro atoms. The van der Waals surface area contributed by atoms with Crippen molar-refractivity contribution in [3.8, 4) is 0 Å². The lowest BCUT2D eigenvalue weighted by Gasteiger charge is -2.12. The van der Waals surface area contributed by atoms with Crippen LogP contribution in [0.25, 0.3) is 0 Å². The summed E-state index contributed by atoms with van der Waals surface area (Å²) in [6, 6.07) is 5.12. The van der Waals surface area contributed by atoms with Crippen molar-refractivity contribution < 1.29 is 24.0 Å². The number of nitrogens with one attached hydrogen (secondary N) is 2. The second-order valence-electron chi connectivity index (χ2n) is 5.73. The third kappa shape index (κ3) is 7.73. The zero-order valence-electron chi connectivity index (χ0n) is 14.8. The van der Waals surface area contributed by atoms with E-state index in [4.69, 9.17) is 4.74 Å². The zero-order chi connectivity index (χ0) is 19.5. The maximum Gasteiger partial charge on any atom is 0.308 e. The second kappa shape index (κ2) is 10.8. The molecule has 1 rings (SSSR count). The lowest BCUT2D eigenvalue weighted by Crippen LogP contribution is -2.36. The van der Waals surface area contributed by atoms with Crippen LogP contribution >= 0.6 is 0 Å². The number of rotatable bonds is 10. The molecule has 1 atom stereocenters. The number of esters is 1. The van der Waals surface area contributed by atoms with Gasteiger partial charge in [0.1, 0.15) is 0 Å². The van der Waals surface area contributed by atoms with E-state index in [1.807, 2.05) is 13.8 Å². The number of carbonyl (C=O) groups is 3. The van der Waals surface area contributed by atoms with Crippen molar-refractivity contribution >= 4 is 23.5 Å². The number of nitro groups is 1. The Bertz CT molecular complexity index is 644. The van der Waals surface area contributed by atoms with Crippen LogP contribution in [0.2, 0.25) is 0 Å². The van der Waals surface area contributed by atoms with Crippen LogP contribution in [0.1, 0.15) is 43.5 Å². The molecule has 2 N–H and O–H groups in total. The molecule has 0 unspecified atom stereocenters. The minimum Gasteiger partial charge on any atom is -0.456 e. The first-order valence-corrected chi connectivity index (χ1v) is 8.31. The quantitative estimate of drug-likeness (QED) is 0.368. The molecule has 0 fully saturated rings. The molecule has 2 amide bonds. The Balaban J connectivity index is 2.27. The number of hydrogen-bond acceptors (Lipinski definition) is 6. The van der Waals surface area contributed by atoms with Gasteiger partial charge in [-0.15, -0.1) is 0 Å². The number of carbonyl (C=O) groups excluding carboxylic acids is 3. The highest BCUT2D eigenvalue weighted by Gasteiger charge is 2.12. The maximum absolute atomic E-state index is 11.9. The highest BCUT2D eigenvalue weighted by atomic mass is 16.6. The van der Waals surface area contributed by atoms with E-state index in [0.29, 0.717) is 0 Å². The van der Waals surface area contributed by atoms with Crippen molar-refractivity contribution in [2.45, 2.75) is 39.2 Å². The summed E-state index contributed by atoms with van der Waals surface area (Å²) in [5, 5.41) is 15.8. The molecule has 0 radical (unpaired) electrons. The van der Waals surface area contributed by atoms with Crippen molar-refractivity contribution in [2.24, 2.45) is 0 Å². The Morgan fingerprint density at radius 1 is 1.23 bits per heavy atom. The van der Waals surface area contributed by atoms with Gasteiger partial charge >= 0.3 is 5.97 Å². The van der Waals surface area contributed by atoms with E-state index < -0.39 is 16.8 Å². The summed E-state index contributed by atoms with van der Waals surface area (Å²) in [6.45, 7) is 3.55. The van der Waals surface area contributed by atoms with Crippen LogP contribution in [0.4, 0.5) is 5.69 Å². The number of non-ortho nitro benzene ring substituents is 1. The van der Waals surface area contributed by atoms with Gasteiger partial charge in [0.2, 0.25) is 0 Å². The van der Waals surface area contributed by atoms with Gasteiger partial charge in [-0.05, 0) is 25.5 Å². The molecular weight excluding hydrogens is 342 g/mol. The van der Waals surface area contributed by atoms with Crippen LogP contribution in [0, 0.1) is 10.1 Å². The molecule has 0 aromatic heterocycles. The van der Waals surface area contributed by atoms with Gasteiger partial charge in [-0.3, -0.25) is 24.5 Å². The van der Waals surface area contributed by atoms with Gasteiger partial charge in [-0.25, -0.2) is 0 Å². The molecule has 0 aliphatic carbocycles. The van der Waals surface area contributed by atoms with E-state index in [0.717, 1.165) is 12.8 Å². The molecule has 0 aliphatic rings. The van der Waals surface area contributed by atoms with Crippen molar-refractivity contribution in [1.29, 1.82) is 0 Å². The van der Waals surface area contributed by atoms with E-state index in [-0.39, 0.29) is 42.8 Å². The fourth-order valence-electron chi connectivity index (χ4n) is 2.15. The van der Waals surface area contributed by atoms with Crippen LogP contribution in [-0.2, 0) is 14.3 Å². The summed E-state index contributed by atoms with van der Waals surface area (Å²) in [6.07, 6.45) is 1.70. The topological polar surface area (TPSA) is 128 Å². The summed E-state index contributed by atoms with van der Waals surface area (Å²) >= 11 is 0. The highest BCUT2D eigenvalue weighted by Crippen LogP contribution is 2.11. The number of ether oxygens (including phenoxy) is 1. The first kappa shape index (κ1) is 21.1. The summed E-state index contributed by atoms with van der Waals surface area (Å²) in [7, 11) is 0. The second-order valence-corrected chi connectivity index (χ2v) is 5.73. The summed E-state index contributed by atoms with van der Waals surface area (Å²) < 4.78 is 4.84. The van der Waals surface area contributed by atoms with Crippen LogP contribution in [0.3, 0.4) is 0 Å². The Morgan fingerprint density at radius 2 is 1.88 bits per heavy atom. The van der Waals surface area contributed by atoms with Crippen molar-refractivity contribution in [3.05, 3.63) is 39.9 Å². The Labute approximate surface area is 151 Å². The van der Waals surface area contributed by atoms with Crippen LogP contribution < -0.4 is 10.6 Å². The molecule has 1 aromatic carbocycles. The van der Waals surface area contributed by atoms with E-state index in [1.54, 1.807) is 0 Å². The summed E-state index contributed by atoms with van der Waals surface area (Å²) in [5.74, 6) is -1.43. The average Bonchev–Trinajstić information content (AvgIpc) is 2.60. The molecule has 1 aromatic rings. The third-order valence-electron chi connectivity index (χ3n) is 3.45. The minimum absolute atomic E-state index is 0.0205. The Kier molecular flexibility index (Phi) is 8.76. The fourth-order valence-corrected chi connectivity index (χ4v) is 2.15. The van der Waals surface area contributed by atoms with Gasteiger partial charge < -0.3 is 15.4 Å². The smallest absolute Gasteiger partial charge is 0.308 e. The van der Waals surface area contributed by atoms with Crippen LogP contribution in [0.15, 0.2) is 24.3 Å². The van der Waals surface area contributed by atoms with E-state index >= 15 is 0 Å². The molecule has 0 aliphatic heterocycles. The number of benzene rings is 1. The first-order valence-electron chi connectivity index (χ1n) is 8.31. The van der Waals surface area contributed by atoms with Gasteiger partial charge in [0.25, 0.3) is 17.5 Å². The van der Waals surface area contributed by atoms with Crippen LogP contribution in [-0.4, -0.2) is 41.9 Å². The molecule has 9 heteroatoms. The highest BCUT2D eigenvalue weighted by molar-refractivity contribution is 5.94. The van der Waals surface area contributed by atoms with Crippen molar-refractivity contribution in [1.82, 2.24) is 10.6 Å². The molecule has 0 saturated heterocycles. The van der Waals surface area contributed by atoms with Crippen molar-refractivity contribution in [3.63, 3.8) is 0 Å². The first-order chi connectivity index (χ1) is 12.3. The minimum atomic E-state index is -0.604. The number of hydrogen-bond donors (Lipinski definition) is 2. The van der Waals surface area contributed by atoms with E-state index in [2.05, 4.69) is 10.6 Å². The van der Waals surface area contributed by atoms with Crippen LogP contribution in [0.5, 0.6) is 0 Å². The van der Waals surface area contributed by atoms with E-state index in [9.17, 15) is 24.5 Å². The molecule has 0 heterocycles. The lowest BCUT2D eigenvalue weighted by molar-refractivity contribution is -0.384. The Morgan fingerprint density at radius 3 is 2.46 bits per heavy atom. The van der Waals surface area contributed by atoms with Gasteiger partial charge in [0.05, 0.1) is 11.3 Å². The van der Waals surface area contributed by atoms with Gasteiger partial charge in [-0.1, -0.05) is 13.3 Å². The maximum atomic E-state index is 11.9. The molecule has 0 bridgehead atoms. The summed E-state index contributed by atoms with van der Waals surface area (Å²) in [5.41, 5.74) is 0.130. The fraction of sp³-hybridized carbons (Fsp3) is 0.471. The van der Waals surface area contributed by atoms with Gasteiger partial charge in [0.15, 0.2) is 6.61 Å².